The molecule has 0 unspecified atom stereocenters. The molecule has 0 spiro atoms. The summed E-state index contributed by atoms with van der Waals surface area (Å²) >= 11 is 0. The Kier molecular flexibility index (Phi) is 1.94. The molecule has 0 saturated heterocycles. The van der Waals surface area contributed by atoms with Crippen LogP contribution in [0.15, 0.2) is 0 Å². The van der Waals surface area contributed by atoms with E-state index in [9.17, 15) is 9.90 Å². The number of carbonyl (C=O) groups is 1. The molecule has 0 radical (unpaired) electrons. The van der Waals surface area contributed by atoms with E-state index in [1.54, 1.807) is 6.92 Å². The molecule has 0 aliphatic carbocycles. The second kappa shape index (κ2) is 2.74. The SMILES string of the molecule is CCc1[nH]nc(C(=O)[O-])c1C. The number of hydrogen-bond donors (Lipinski definition) is 1. The van der Waals surface area contributed by atoms with E-state index in [4.69, 9.17) is 0 Å². The van der Waals surface area contributed by atoms with Gasteiger partial charge < -0.3 is 9.90 Å². The van der Waals surface area contributed by atoms with Crippen molar-refractivity contribution in [3.8, 4) is 0 Å². The molecule has 1 rings (SSSR count). The molecule has 1 aromatic heterocycles. The van der Waals surface area contributed by atoms with Crippen LogP contribution in [-0.2, 0) is 6.42 Å². The van der Waals surface area contributed by atoms with Crippen LogP contribution >= 0.6 is 0 Å². The molecule has 1 aromatic rings. The fraction of sp³-hybridized carbons (Fsp3) is 0.429. The molecule has 0 saturated carbocycles. The predicted octanol–water partition coefficient (Wildman–Crippen LogP) is -0.356. The summed E-state index contributed by atoms with van der Waals surface area (Å²) in [6.07, 6.45) is 0.756. The Hall–Kier alpha value is -1.32. The summed E-state index contributed by atoms with van der Waals surface area (Å²) in [5, 5.41) is 16.6. The van der Waals surface area contributed by atoms with Crippen LogP contribution in [0.25, 0.3) is 0 Å². The van der Waals surface area contributed by atoms with Gasteiger partial charge in [-0.2, -0.15) is 5.10 Å². The Labute approximate surface area is 64.2 Å². The number of rotatable bonds is 2. The number of aromatic nitrogens is 2. The summed E-state index contributed by atoms with van der Waals surface area (Å²) in [4.78, 5) is 10.4. The number of carboxylic acids is 1. The highest BCUT2D eigenvalue weighted by Crippen LogP contribution is 2.08. The minimum atomic E-state index is -1.22. The maximum Gasteiger partial charge on any atom is 0.111 e. The maximum atomic E-state index is 10.4. The van der Waals surface area contributed by atoms with Gasteiger partial charge in [0.1, 0.15) is 5.69 Å². The van der Waals surface area contributed by atoms with E-state index in [1.165, 1.54) is 0 Å². The zero-order valence-corrected chi connectivity index (χ0v) is 6.47. The third-order valence-corrected chi connectivity index (χ3v) is 1.66. The largest absolute Gasteiger partial charge is 0.543 e. The number of nitrogens with zero attached hydrogens (tertiary/aromatic N) is 1. The van der Waals surface area contributed by atoms with Crippen molar-refractivity contribution in [3.05, 3.63) is 17.0 Å². The van der Waals surface area contributed by atoms with Crippen molar-refractivity contribution in [2.75, 3.05) is 0 Å². The average molecular weight is 153 g/mol. The Morgan fingerprint density at radius 3 is 2.64 bits per heavy atom. The molecule has 0 fully saturated rings. The number of carbonyl (C=O) groups excluding carboxylic acids is 1. The van der Waals surface area contributed by atoms with Crippen molar-refractivity contribution in [1.29, 1.82) is 0 Å². The summed E-state index contributed by atoms with van der Waals surface area (Å²) in [6, 6.07) is 0. The van der Waals surface area contributed by atoms with E-state index in [0.717, 1.165) is 12.1 Å². The van der Waals surface area contributed by atoms with Crippen LogP contribution in [-0.4, -0.2) is 16.2 Å². The lowest BCUT2D eigenvalue weighted by Gasteiger charge is -1.97. The summed E-state index contributed by atoms with van der Waals surface area (Å²) in [5.41, 5.74) is 1.54. The smallest absolute Gasteiger partial charge is 0.111 e. The van der Waals surface area contributed by atoms with Crippen LogP contribution in [0.2, 0.25) is 0 Å². The van der Waals surface area contributed by atoms with E-state index in [-0.39, 0.29) is 5.69 Å². The van der Waals surface area contributed by atoms with Gasteiger partial charge in [-0.05, 0) is 18.9 Å². The zero-order chi connectivity index (χ0) is 8.43. The number of aryl methyl sites for hydroxylation is 1. The third-order valence-electron chi connectivity index (χ3n) is 1.66. The van der Waals surface area contributed by atoms with Gasteiger partial charge in [-0.15, -0.1) is 0 Å². The summed E-state index contributed by atoms with van der Waals surface area (Å²) in [7, 11) is 0. The van der Waals surface area contributed by atoms with E-state index < -0.39 is 5.97 Å². The Balaban J connectivity index is 3.10. The van der Waals surface area contributed by atoms with Gasteiger partial charge in [0.05, 0.1) is 5.97 Å². The minimum absolute atomic E-state index is 0.0156. The lowest BCUT2D eigenvalue weighted by molar-refractivity contribution is -0.255. The highest BCUT2D eigenvalue weighted by atomic mass is 16.4. The monoisotopic (exact) mass is 153 g/mol. The Morgan fingerprint density at radius 2 is 2.36 bits per heavy atom. The zero-order valence-electron chi connectivity index (χ0n) is 6.47. The molecule has 4 nitrogen and oxygen atoms in total. The minimum Gasteiger partial charge on any atom is -0.543 e. The number of aromatic carboxylic acids is 1. The first-order chi connectivity index (χ1) is 5.16. The molecule has 1 N–H and O–H groups in total. The quantitative estimate of drug-likeness (QED) is 0.631. The van der Waals surface area contributed by atoms with Gasteiger partial charge >= 0.3 is 0 Å². The molecule has 0 amide bonds. The molecule has 0 aliphatic heterocycles. The number of hydrogen-bond acceptors (Lipinski definition) is 3. The fourth-order valence-electron chi connectivity index (χ4n) is 0.977. The standard InChI is InChI=1S/C7H10N2O2/c1-3-5-4(2)6(7(10)11)9-8-5/h3H2,1-2H3,(H,8,9)(H,10,11)/p-1. The summed E-state index contributed by atoms with van der Waals surface area (Å²) in [5.74, 6) is -1.22. The molecule has 60 valence electrons. The molecular formula is C7H9N2O2-. The van der Waals surface area contributed by atoms with Gasteiger partial charge in [0.2, 0.25) is 0 Å². The molecule has 0 aromatic carbocycles. The van der Waals surface area contributed by atoms with E-state index in [1.807, 2.05) is 6.92 Å². The molecule has 0 aliphatic rings. The van der Waals surface area contributed by atoms with Gasteiger partial charge in [0.15, 0.2) is 0 Å². The normalized spacial score (nSPS) is 10.0. The summed E-state index contributed by atoms with van der Waals surface area (Å²) in [6.45, 7) is 3.65. The van der Waals surface area contributed by atoms with Crippen molar-refractivity contribution >= 4 is 5.97 Å². The molecule has 1 heterocycles. The van der Waals surface area contributed by atoms with E-state index in [0.29, 0.717) is 5.56 Å². The van der Waals surface area contributed by atoms with Crippen molar-refractivity contribution in [3.63, 3.8) is 0 Å². The van der Waals surface area contributed by atoms with E-state index in [2.05, 4.69) is 10.2 Å². The highest BCUT2D eigenvalue weighted by Gasteiger charge is 2.06. The Bertz CT molecular complexity index is 278. The first kappa shape index (κ1) is 7.78. The van der Waals surface area contributed by atoms with Crippen LogP contribution in [0.1, 0.15) is 28.7 Å². The van der Waals surface area contributed by atoms with Crippen molar-refractivity contribution in [2.45, 2.75) is 20.3 Å². The van der Waals surface area contributed by atoms with Crippen LogP contribution in [0.4, 0.5) is 0 Å². The predicted molar refractivity (Wildman–Crippen MR) is 37.0 cm³/mol. The van der Waals surface area contributed by atoms with Crippen molar-refractivity contribution in [1.82, 2.24) is 10.2 Å². The van der Waals surface area contributed by atoms with Gasteiger partial charge in [0, 0.05) is 5.69 Å². The third kappa shape index (κ3) is 1.24. The first-order valence-electron chi connectivity index (χ1n) is 3.42. The van der Waals surface area contributed by atoms with Gasteiger partial charge in [0.25, 0.3) is 0 Å². The average Bonchev–Trinajstić information content (AvgIpc) is 2.30. The maximum absolute atomic E-state index is 10.4. The van der Waals surface area contributed by atoms with Crippen LogP contribution in [0.5, 0.6) is 0 Å². The number of H-pyrrole nitrogens is 1. The van der Waals surface area contributed by atoms with Crippen LogP contribution in [0, 0.1) is 6.92 Å². The van der Waals surface area contributed by atoms with Gasteiger partial charge in [-0.1, -0.05) is 6.92 Å². The molecule has 0 bridgehead atoms. The number of carboxylic acid groups (broad SMARTS) is 1. The molecular weight excluding hydrogens is 144 g/mol. The topological polar surface area (TPSA) is 68.8 Å². The lowest BCUT2D eigenvalue weighted by atomic mass is 10.2. The van der Waals surface area contributed by atoms with Crippen LogP contribution < -0.4 is 5.11 Å². The lowest BCUT2D eigenvalue weighted by Crippen LogP contribution is -2.23. The molecule has 0 atom stereocenters. The second-order valence-corrected chi connectivity index (χ2v) is 2.32. The number of aromatic amines is 1. The highest BCUT2D eigenvalue weighted by molar-refractivity contribution is 5.85. The number of nitrogens with one attached hydrogen (secondary N) is 1. The summed E-state index contributed by atoms with van der Waals surface area (Å²) < 4.78 is 0. The Morgan fingerprint density at radius 1 is 1.73 bits per heavy atom. The molecule has 4 heteroatoms. The fourth-order valence-corrected chi connectivity index (χ4v) is 0.977. The van der Waals surface area contributed by atoms with Gasteiger partial charge in [-0.25, -0.2) is 0 Å². The van der Waals surface area contributed by atoms with Gasteiger partial charge in [-0.3, -0.25) is 5.10 Å². The van der Waals surface area contributed by atoms with Crippen molar-refractivity contribution in [2.24, 2.45) is 0 Å². The van der Waals surface area contributed by atoms with Crippen LogP contribution in [0.3, 0.4) is 0 Å². The second-order valence-electron chi connectivity index (χ2n) is 2.32. The first-order valence-corrected chi connectivity index (χ1v) is 3.42. The molecule has 11 heavy (non-hydrogen) atoms. The van der Waals surface area contributed by atoms with E-state index >= 15 is 0 Å². The van der Waals surface area contributed by atoms with Crippen molar-refractivity contribution < 1.29 is 9.90 Å².